The number of amides is 1. The molecule has 3 aromatic rings. The molecule has 0 spiro atoms. The quantitative estimate of drug-likeness (QED) is 0.646. The third-order valence-corrected chi connectivity index (χ3v) is 4.28. The number of nitrogens with one attached hydrogen (secondary N) is 2. The number of hydrogen-bond donors (Lipinski definition) is 2. The number of rotatable bonds is 6. The molecule has 1 aromatic heterocycles. The molecule has 0 fully saturated rings. The Labute approximate surface area is 157 Å². The van der Waals surface area contributed by atoms with Gasteiger partial charge in [0.25, 0.3) is 5.91 Å². The highest BCUT2D eigenvalue weighted by atomic mass is 35.5. The lowest BCUT2D eigenvalue weighted by Crippen LogP contribution is -2.13. The third-order valence-electron chi connectivity index (χ3n) is 4.03. The second-order valence-electron chi connectivity index (χ2n) is 5.87. The van der Waals surface area contributed by atoms with E-state index in [4.69, 9.17) is 16.3 Å². The molecule has 0 atom stereocenters. The van der Waals surface area contributed by atoms with Gasteiger partial charge in [0.15, 0.2) is 0 Å². The van der Waals surface area contributed by atoms with E-state index in [0.29, 0.717) is 22.0 Å². The number of aromatic amines is 1. The summed E-state index contributed by atoms with van der Waals surface area (Å²) in [4.78, 5) is 12.7. The van der Waals surface area contributed by atoms with Crippen LogP contribution < -0.4 is 10.1 Å². The van der Waals surface area contributed by atoms with Crippen LogP contribution in [-0.2, 0) is 6.42 Å². The van der Waals surface area contributed by atoms with Gasteiger partial charge >= 0.3 is 0 Å². The summed E-state index contributed by atoms with van der Waals surface area (Å²) < 4.78 is 5.29. The Morgan fingerprint density at radius 1 is 1.23 bits per heavy atom. The van der Waals surface area contributed by atoms with Gasteiger partial charge < -0.3 is 10.1 Å². The van der Waals surface area contributed by atoms with Crippen LogP contribution in [0.5, 0.6) is 5.75 Å². The van der Waals surface area contributed by atoms with Crippen LogP contribution in [0.15, 0.2) is 48.5 Å². The van der Waals surface area contributed by atoms with Gasteiger partial charge in [-0.05, 0) is 42.8 Å². The number of H-pyrrole nitrogens is 1. The highest BCUT2D eigenvalue weighted by Gasteiger charge is 2.18. The number of carbonyl (C=O) groups is 1. The van der Waals surface area contributed by atoms with Crippen molar-refractivity contribution in [3.63, 3.8) is 0 Å². The fourth-order valence-corrected chi connectivity index (χ4v) is 2.84. The molecule has 134 valence electrons. The van der Waals surface area contributed by atoms with E-state index in [-0.39, 0.29) is 5.91 Å². The van der Waals surface area contributed by atoms with Crippen LogP contribution >= 0.6 is 11.6 Å². The molecule has 0 saturated heterocycles. The molecule has 6 heteroatoms. The highest BCUT2D eigenvalue weighted by Crippen LogP contribution is 2.32. The Balaban J connectivity index is 1.97. The van der Waals surface area contributed by atoms with E-state index in [1.165, 1.54) is 0 Å². The lowest BCUT2D eigenvalue weighted by Gasteiger charge is -2.09. The van der Waals surface area contributed by atoms with Crippen LogP contribution in [-0.4, -0.2) is 23.2 Å². The first-order valence-corrected chi connectivity index (χ1v) is 8.78. The molecule has 0 radical (unpaired) electrons. The topological polar surface area (TPSA) is 67.0 Å². The summed E-state index contributed by atoms with van der Waals surface area (Å²) in [6, 6.07) is 14.4. The maximum atomic E-state index is 12.7. The number of anilines is 1. The van der Waals surface area contributed by atoms with Crippen LogP contribution in [0.4, 0.5) is 5.69 Å². The molecular formula is C20H20ClN3O2. The summed E-state index contributed by atoms with van der Waals surface area (Å²) in [5.74, 6) is 0.530. The normalized spacial score (nSPS) is 10.6. The summed E-state index contributed by atoms with van der Waals surface area (Å²) in [6.07, 6.45) is 1.72. The average molecular weight is 370 g/mol. The molecule has 0 aliphatic rings. The predicted octanol–water partition coefficient (Wildman–Crippen LogP) is 4.94. The van der Waals surface area contributed by atoms with Crippen LogP contribution in [0.25, 0.3) is 11.3 Å². The molecule has 5 nitrogen and oxygen atoms in total. The first-order valence-electron chi connectivity index (χ1n) is 8.41. The largest absolute Gasteiger partial charge is 0.497 e. The number of aryl methyl sites for hydroxylation is 1. The van der Waals surface area contributed by atoms with Gasteiger partial charge in [-0.25, -0.2) is 0 Å². The van der Waals surface area contributed by atoms with Crippen LogP contribution in [0.1, 0.15) is 29.4 Å². The standard InChI is InChI=1S/C20H20ClN3O2/c1-3-5-17-19(22-20(25)13-8-10-15(21)11-9-13)18(24-23-17)14-6-4-7-16(12-14)26-2/h4,6-12H,3,5H2,1-2H3,(H,22,25)(H,23,24). The Morgan fingerprint density at radius 2 is 2.00 bits per heavy atom. The monoisotopic (exact) mass is 369 g/mol. The average Bonchev–Trinajstić information content (AvgIpc) is 3.05. The molecule has 3 rings (SSSR count). The van der Waals surface area contributed by atoms with E-state index in [9.17, 15) is 4.79 Å². The second kappa shape index (κ2) is 8.06. The molecule has 0 aliphatic heterocycles. The molecule has 0 saturated carbocycles. The number of aromatic nitrogens is 2. The van der Waals surface area contributed by atoms with Crippen molar-refractivity contribution in [2.45, 2.75) is 19.8 Å². The molecule has 0 bridgehead atoms. The number of hydrogen-bond acceptors (Lipinski definition) is 3. The van der Waals surface area contributed by atoms with E-state index >= 15 is 0 Å². The Bertz CT molecular complexity index is 904. The van der Waals surface area contributed by atoms with Gasteiger partial charge in [-0.15, -0.1) is 0 Å². The van der Waals surface area contributed by atoms with E-state index in [1.807, 2.05) is 24.3 Å². The van der Waals surface area contributed by atoms with Crippen LogP contribution in [0.2, 0.25) is 5.02 Å². The minimum absolute atomic E-state index is 0.204. The first-order chi connectivity index (χ1) is 12.6. The Kier molecular flexibility index (Phi) is 5.58. The zero-order valence-corrected chi connectivity index (χ0v) is 15.4. The van der Waals surface area contributed by atoms with Crippen molar-refractivity contribution in [3.8, 4) is 17.0 Å². The molecular weight excluding hydrogens is 350 g/mol. The van der Waals surface area contributed by atoms with E-state index < -0.39 is 0 Å². The molecule has 1 amide bonds. The number of methoxy groups -OCH3 is 1. The van der Waals surface area contributed by atoms with E-state index in [2.05, 4.69) is 22.4 Å². The Hall–Kier alpha value is -2.79. The minimum Gasteiger partial charge on any atom is -0.497 e. The van der Waals surface area contributed by atoms with Crippen LogP contribution in [0, 0.1) is 0 Å². The van der Waals surface area contributed by atoms with Crippen molar-refractivity contribution in [1.29, 1.82) is 0 Å². The maximum absolute atomic E-state index is 12.7. The van der Waals surface area contributed by atoms with Crippen molar-refractivity contribution in [3.05, 3.63) is 64.8 Å². The van der Waals surface area contributed by atoms with E-state index in [0.717, 1.165) is 29.8 Å². The van der Waals surface area contributed by atoms with Crippen molar-refractivity contribution >= 4 is 23.2 Å². The smallest absolute Gasteiger partial charge is 0.255 e. The predicted molar refractivity (Wildman–Crippen MR) is 104 cm³/mol. The van der Waals surface area contributed by atoms with Crippen molar-refractivity contribution in [2.75, 3.05) is 12.4 Å². The zero-order valence-electron chi connectivity index (χ0n) is 14.7. The summed E-state index contributed by atoms with van der Waals surface area (Å²) in [5.41, 5.74) is 3.69. The minimum atomic E-state index is -0.204. The summed E-state index contributed by atoms with van der Waals surface area (Å²) in [6.45, 7) is 2.08. The number of halogens is 1. The number of benzene rings is 2. The molecule has 2 aromatic carbocycles. The second-order valence-corrected chi connectivity index (χ2v) is 6.31. The van der Waals surface area contributed by atoms with Gasteiger partial charge in [0.2, 0.25) is 0 Å². The van der Waals surface area contributed by atoms with Gasteiger partial charge in [-0.1, -0.05) is 37.1 Å². The third kappa shape index (κ3) is 3.89. The molecule has 26 heavy (non-hydrogen) atoms. The number of carbonyl (C=O) groups excluding carboxylic acids is 1. The fraction of sp³-hybridized carbons (Fsp3) is 0.200. The number of ether oxygens (including phenoxy) is 1. The van der Waals surface area contributed by atoms with Gasteiger partial charge in [0.05, 0.1) is 18.5 Å². The zero-order chi connectivity index (χ0) is 18.5. The highest BCUT2D eigenvalue weighted by molar-refractivity contribution is 6.30. The SMILES string of the molecule is CCCc1[nH]nc(-c2cccc(OC)c2)c1NC(=O)c1ccc(Cl)cc1. The summed E-state index contributed by atoms with van der Waals surface area (Å²) >= 11 is 5.90. The molecule has 1 heterocycles. The first kappa shape index (κ1) is 18.0. The van der Waals surface area contributed by atoms with Crippen molar-refractivity contribution in [2.24, 2.45) is 0 Å². The van der Waals surface area contributed by atoms with Crippen molar-refractivity contribution in [1.82, 2.24) is 10.2 Å². The van der Waals surface area contributed by atoms with Gasteiger partial charge in [0.1, 0.15) is 11.4 Å². The lowest BCUT2D eigenvalue weighted by molar-refractivity contribution is 0.102. The van der Waals surface area contributed by atoms with Gasteiger partial charge in [-0.3, -0.25) is 9.89 Å². The summed E-state index contributed by atoms with van der Waals surface area (Å²) in [7, 11) is 1.62. The molecule has 0 unspecified atom stereocenters. The number of nitrogens with zero attached hydrogens (tertiary/aromatic N) is 1. The van der Waals surface area contributed by atoms with Gasteiger partial charge in [-0.2, -0.15) is 5.10 Å². The van der Waals surface area contributed by atoms with Crippen LogP contribution in [0.3, 0.4) is 0 Å². The van der Waals surface area contributed by atoms with Gasteiger partial charge in [0, 0.05) is 16.1 Å². The molecule has 2 N–H and O–H groups in total. The maximum Gasteiger partial charge on any atom is 0.255 e. The van der Waals surface area contributed by atoms with Crippen molar-refractivity contribution < 1.29 is 9.53 Å². The van der Waals surface area contributed by atoms with E-state index in [1.54, 1.807) is 31.4 Å². The summed E-state index contributed by atoms with van der Waals surface area (Å²) in [5, 5.41) is 11.1. The fourth-order valence-electron chi connectivity index (χ4n) is 2.71. The molecule has 0 aliphatic carbocycles. The lowest BCUT2D eigenvalue weighted by atomic mass is 10.1. The Morgan fingerprint density at radius 3 is 2.69 bits per heavy atom.